The lowest BCUT2D eigenvalue weighted by atomic mass is 10.2. The molecule has 0 saturated heterocycles. The maximum Gasteiger partial charge on any atom is 0.261 e. The molecule has 2 N–H and O–H groups in total. The molecule has 1 aliphatic heterocycles. The molecule has 8 heteroatoms. The van der Waals surface area contributed by atoms with E-state index in [4.69, 9.17) is 9.47 Å². The molecule has 29 heavy (non-hydrogen) atoms. The van der Waals surface area contributed by atoms with E-state index >= 15 is 0 Å². The van der Waals surface area contributed by atoms with Gasteiger partial charge in [0.05, 0.1) is 10.6 Å². The Kier molecular flexibility index (Phi) is 4.85. The summed E-state index contributed by atoms with van der Waals surface area (Å²) in [4.78, 5) is 12.5. The van der Waals surface area contributed by atoms with Crippen LogP contribution >= 0.6 is 0 Å². The van der Waals surface area contributed by atoms with Crippen molar-refractivity contribution < 1.29 is 22.7 Å². The minimum Gasteiger partial charge on any atom is -0.454 e. The van der Waals surface area contributed by atoms with Gasteiger partial charge in [0, 0.05) is 17.3 Å². The second kappa shape index (κ2) is 7.48. The lowest BCUT2D eigenvalue weighted by Crippen LogP contribution is -2.16. The van der Waals surface area contributed by atoms with Crippen LogP contribution in [-0.2, 0) is 10.0 Å². The van der Waals surface area contributed by atoms with Crippen LogP contribution in [0.1, 0.15) is 15.9 Å². The normalized spacial score (nSPS) is 12.4. The fraction of sp³-hybridized carbons (Fsp3) is 0.0952. The molecular formula is C21H18N2O5S. The van der Waals surface area contributed by atoms with Crippen molar-refractivity contribution in [2.45, 2.75) is 11.8 Å². The number of nitrogens with one attached hydrogen (secondary N) is 2. The quantitative estimate of drug-likeness (QED) is 0.668. The van der Waals surface area contributed by atoms with E-state index in [2.05, 4.69) is 10.0 Å². The maximum atomic E-state index is 12.8. The van der Waals surface area contributed by atoms with E-state index in [0.717, 1.165) is 5.56 Å². The van der Waals surface area contributed by atoms with Gasteiger partial charge in [-0.15, -0.1) is 0 Å². The molecule has 0 fully saturated rings. The fourth-order valence-electron chi connectivity index (χ4n) is 2.90. The molecular weight excluding hydrogens is 392 g/mol. The van der Waals surface area contributed by atoms with Crippen molar-refractivity contribution in [3.8, 4) is 11.5 Å². The van der Waals surface area contributed by atoms with Gasteiger partial charge < -0.3 is 14.8 Å². The van der Waals surface area contributed by atoms with Gasteiger partial charge in [-0.25, -0.2) is 8.42 Å². The molecule has 1 amide bonds. The number of carbonyl (C=O) groups is 1. The van der Waals surface area contributed by atoms with Gasteiger partial charge in [0.1, 0.15) is 0 Å². The van der Waals surface area contributed by atoms with Gasteiger partial charge in [-0.05, 0) is 55.0 Å². The highest BCUT2D eigenvalue weighted by atomic mass is 32.2. The predicted molar refractivity (Wildman–Crippen MR) is 109 cm³/mol. The molecule has 1 heterocycles. The van der Waals surface area contributed by atoms with Gasteiger partial charge in [-0.3, -0.25) is 9.52 Å². The van der Waals surface area contributed by atoms with Crippen LogP contribution in [0.25, 0.3) is 0 Å². The Bertz CT molecular complexity index is 1190. The zero-order valence-corrected chi connectivity index (χ0v) is 16.3. The second-order valence-electron chi connectivity index (χ2n) is 6.52. The highest BCUT2D eigenvalue weighted by molar-refractivity contribution is 7.92. The molecule has 0 saturated carbocycles. The van der Waals surface area contributed by atoms with Crippen LogP contribution in [0.5, 0.6) is 11.5 Å². The van der Waals surface area contributed by atoms with Crippen molar-refractivity contribution in [3.05, 3.63) is 77.9 Å². The number of amides is 1. The maximum absolute atomic E-state index is 12.8. The summed E-state index contributed by atoms with van der Waals surface area (Å²) >= 11 is 0. The van der Waals surface area contributed by atoms with E-state index in [1.165, 1.54) is 18.2 Å². The molecule has 4 rings (SSSR count). The Hall–Kier alpha value is -3.52. The van der Waals surface area contributed by atoms with Gasteiger partial charge in [-0.1, -0.05) is 18.2 Å². The number of hydrogen-bond donors (Lipinski definition) is 2. The van der Waals surface area contributed by atoms with Crippen LogP contribution in [0.3, 0.4) is 0 Å². The average Bonchev–Trinajstić information content (AvgIpc) is 3.15. The van der Waals surface area contributed by atoms with Gasteiger partial charge >= 0.3 is 0 Å². The molecule has 0 atom stereocenters. The van der Waals surface area contributed by atoms with Crippen LogP contribution in [0, 0.1) is 6.92 Å². The minimum atomic E-state index is -3.89. The van der Waals surface area contributed by atoms with Crippen LogP contribution < -0.4 is 19.5 Å². The number of aryl methyl sites for hydroxylation is 1. The third kappa shape index (κ3) is 4.17. The van der Waals surface area contributed by atoms with Gasteiger partial charge in [0.25, 0.3) is 15.9 Å². The molecule has 0 radical (unpaired) electrons. The van der Waals surface area contributed by atoms with E-state index in [1.807, 2.05) is 25.1 Å². The number of rotatable bonds is 5. The molecule has 0 aromatic heterocycles. The summed E-state index contributed by atoms with van der Waals surface area (Å²) in [6, 6.07) is 18.0. The Balaban J connectivity index is 1.54. The van der Waals surface area contributed by atoms with E-state index in [-0.39, 0.29) is 17.3 Å². The Morgan fingerprint density at radius 2 is 1.69 bits per heavy atom. The van der Waals surface area contributed by atoms with E-state index < -0.39 is 15.9 Å². The number of sulfonamides is 1. The number of ether oxygens (including phenoxy) is 2. The lowest BCUT2D eigenvalue weighted by molar-refractivity contribution is 0.102. The number of anilines is 2. The number of hydrogen-bond acceptors (Lipinski definition) is 5. The molecule has 148 valence electrons. The third-order valence-corrected chi connectivity index (χ3v) is 5.69. The summed E-state index contributed by atoms with van der Waals surface area (Å²) < 4.78 is 38.5. The minimum absolute atomic E-state index is 0.0212. The highest BCUT2D eigenvalue weighted by Gasteiger charge is 2.19. The van der Waals surface area contributed by atoms with Crippen LogP contribution in [-0.4, -0.2) is 21.1 Å². The first-order valence-electron chi connectivity index (χ1n) is 8.81. The predicted octanol–water partition coefficient (Wildman–Crippen LogP) is 3.78. The Labute approximate surface area is 168 Å². The average molecular weight is 410 g/mol. The SMILES string of the molecule is Cc1cccc(NC(=O)c2cccc(S(=O)(=O)Nc3ccc4c(c3)OCO4)c2)c1. The van der Waals surface area contributed by atoms with Gasteiger partial charge in [-0.2, -0.15) is 0 Å². The number of benzene rings is 3. The number of carbonyl (C=O) groups excluding carboxylic acids is 1. The summed E-state index contributed by atoms with van der Waals surface area (Å²) in [6.45, 7) is 2.02. The third-order valence-electron chi connectivity index (χ3n) is 4.31. The number of fused-ring (bicyclic) bond motifs is 1. The topological polar surface area (TPSA) is 93.7 Å². The molecule has 0 bridgehead atoms. The largest absolute Gasteiger partial charge is 0.454 e. The highest BCUT2D eigenvalue weighted by Crippen LogP contribution is 2.34. The van der Waals surface area contributed by atoms with Crippen molar-refractivity contribution in [1.82, 2.24) is 0 Å². The van der Waals surface area contributed by atoms with Crippen LogP contribution in [0.15, 0.2) is 71.6 Å². The summed E-state index contributed by atoms with van der Waals surface area (Å²) in [6.07, 6.45) is 0. The summed E-state index contributed by atoms with van der Waals surface area (Å²) in [5.74, 6) is 0.634. The second-order valence-corrected chi connectivity index (χ2v) is 8.21. The van der Waals surface area contributed by atoms with Gasteiger partial charge in [0.2, 0.25) is 6.79 Å². The molecule has 3 aromatic carbocycles. The standard InChI is InChI=1S/C21H18N2O5S/c1-14-4-2-6-16(10-14)22-21(24)15-5-3-7-18(11-15)29(25,26)23-17-8-9-19-20(12-17)28-13-27-19/h2-12,23H,13H2,1H3,(H,22,24). The van der Waals surface area contributed by atoms with Crippen molar-refractivity contribution in [3.63, 3.8) is 0 Å². The molecule has 0 spiro atoms. The smallest absolute Gasteiger partial charge is 0.261 e. The Morgan fingerprint density at radius 3 is 2.52 bits per heavy atom. The van der Waals surface area contributed by atoms with Crippen LogP contribution in [0.2, 0.25) is 0 Å². The first-order chi connectivity index (χ1) is 13.9. The van der Waals surface area contributed by atoms with E-state index in [0.29, 0.717) is 22.9 Å². The zero-order chi connectivity index (χ0) is 20.4. The van der Waals surface area contributed by atoms with Gasteiger partial charge in [0.15, 0.2) is 11.5 Å². The zero-order valence-electron chi connectivity index (χ0n) is 15.5. The van der Waals surface area contributed by atoms with Crippen molar-refractivity contribution in [2.24, 2.45) is 0 Å². The molecule has 3 aromatic rings. The molecule has 0 unspecified atom stereocenters. The van der Waals surface area contributed by atoms with Crippen LogP contribution in [0.4, 0.5) is 11.4 Å². The summed E-state index contributed by atoms with van der Waals surface area (Å²) in [5, 5.41) is 2.77. The Morgan fingerprint density at radius 1 is 0.897 bits per heavy atom. The molecule has 0 aliphatic carbocycles. The van der Waals surface area contributed by atoms with Crippen molar-refractivity contribution in [2.75, 3.05) is 16.8 Å². The lowest BCUT2D eigenvalue weighted by Gasteiger charge is -2.10. The molecule has 1 aliphatic rings. The van der Waals surface area contributed by atoms with E-state index in [9.17, 15) is 13.2 Å². The first kappa shape index (κ1) is 18.8. The van der Waals surface area contributed by atoms with E-state index in [1.54, 1.807) is 30.3 Å². The fourth-order valence-corrected chi connectivity index (χ4v) is 4.00. The molecule has 7 nitrogen and oxygen atoms in total. The van der Waals surface area contributed by atoms with Crippen molar-refractivity contribution >= 4 is 27.3 Å². The first-order valence-corrected chi connectivity index (χ1v) is 10.3. The summed E-state index contributed by atoms with van der Waals surface area (Å²) in [5.41, 5.74) is 2.22. The monoisotopic (exact) mass is 410 g/mol. The van der Waals surface area contributed by atoms with Crippen molar-refractivity contribution in [1.29, 1.82) is 0 Å². The summed E-state index contributed by atoms with van der Waals surface area (Å²) in [7, 11) is -3.89.